The van der Waals surface area contributed by atoms with Crippen LogP contribution >= 0.6 is 11.6 Å². The molecule has 0 aliphatic heterocycles. The Labute approximate surface area is 121 Å². The molecule has 20 heavy (non-hydrogen) atoms. The Hall–Kier alpha value is -2.52. The molecule has 0 aliphatic carbocycles. The van der Waals surface area contributed by atoms with Gasteiger partial charge in [-0.25, -0.2) is 9.79 Å². The van der Waals surface area contributed by atoms with Gasteiger partial charge in [0.15, 0.2) is 11.4 Å². The highest BCUT2D eigenvalue weighted by Crippen LogP contribution is 2.17. The topological polar surface area (TPSA) is 100 Å². The van der Waals surface area contributed by atoms with E-state index in [0.29, 0.717) is 10.7 Å². The fraction of sp³-hybridized carbons (Fsp3) is 0.154. The van der Waals surface area contributed by atoms with Gasteiger partial charge in [-0.2, -0.15) is 5.26 Å². The number of hydrogen-bond acceptors (Lipinski definition) is 5. The number of benzene rings is 1. The van der Waals surface area contributed by atoms with Crippen LogP contribution in [0.5, 0.6) is 0 Å². The van der Waals surface area contributed by atoms with E-state index in [4.69, 9.17) is 27.3 Å². The summed E-state index contributed by atoms with van der Waals surface area (Å²) in [4.78, 5) is 15.4. The summed E-state index contributed by atoms with van der Waals surface area (Å²) in [5.41, 5.74) is 5.57. The molecule has 1 aromatic rings. The average Bonchev–Trinajstić information content (AvgIpc) is 2.42. The minimum atomic E-state index is -0.767. The van der Waals surface area contributed by atoms with Crippen molar-refractivity contribution in [3.63, 3.8) is 0 Å². The highest BCUT2D eigenvalue weighted by atomic mass is 35.5. The molecule has 0 amide bonds. The van der Waals surface area contributed by atoms with Crippen molar-refractivity contribution in [1.29, 1.82) is 5.26 Å². The number of nitrogens with one attached hydrogen (secondary N) is 1. The first-order chi connectivity index (χ1) is 9.62. The van der Waals surface area contributed by atoms with Gasteiger partial charge < -0.3 is 15.8 Å². The zero-order chi connectivity index (χ0) is 15.0. The van der Waals surface area contributed by atoms with Gasteiger partial charge in [0.2, 0.25) is 0 Å². The van der Waals surface area contributed by atoms with Gasteiger partial charge in [-0.05, 0) is 31.2 Å². The van der Waals surface area contributed by atoms with Crippen LogP contribution in [0.4, 0.5) is 5.69 Å². The van der Waals surface area contributed by atoms with Crippen molar-refractivity contribution in [3.8, 4) is 6.07 Å². The van der Waals surface area contributed by atoms with E-state index in [2.05, 4.69) is 10.3 Å². The molecule has 104 valence electrons. The molecule has 0 unspecified atom stereocenters. The zero-order valence-corrected chi connectivity index (χ0v) is 11.5. The molecular formula is C13H13ClN4O2. The largest absolute Gasteiger partial charge is 0.462 e. The molecule has 3 N–H and O–H groups in total. The Morgan fingerprint density at radius 3 is 2.70 bits per heavy atom. The van der Waals surface area contributed by atoms with Gasteiger partial charge in [-0.15, -0.1) is 0 Å². The summed E-state index contributed by atoms with van der Waals surface area (Å²) in [5.74, 6) is -0.757. The molecule has 1 rings (SSSR count). The van der Waals surface area contributed by atoms with Crippen molar-refractivity contribution in [2.75, 3.05) is 11.9 Å². The molecular weight excluding hydrogens is 280 g/mol. The second kappa shape index (κ2) is 7.81. The first kappa shape index (κ1) is 15.5. The van der Waals surface area contributed by atoms with Gasteiger partial charge in [-0.3, -0.25) is 0 Å². The number of carbonyl (C=O) groups excluding carboxylic acids is 1. The number of rotatable bonds is 5. The van der Waals surface area contributed by atoms with E-state index in [0.717, 1.165) is 6.34 Å². The molecule has 0 fully saturated rings. The van der Waals surface area contributed by atoms with Gasteiger partial charge in [0.25, 0.3) is 0 Å². The molecule has 0 heterocycles. The quantitative estimate of drug-likeness (QED) is 0.284. The van der Waals surface area contributed by atoms with Crippen molar-refractivity contribution in [2.45, 2.75) is 6.92 Å². The van der Waals surface area contributed by atoms with Crippen LogP contribution in [0.15, 0.2) is 40.7 Å². The lowest BCUT2D eigenvalue weighted by molar-refractivity contribution is -0.138. The SMILES string of the molecule is CCOC(=O)/C(C#N)=C(/N=CN)Nc1ccc(Cl)cc1. The Bertz CT molecular complexity index is 573. The highest BCUT2D eigenvalue weighted by Gasteiger charge is 2.16. The molecule has 0 atom stereocenters. The first-order valence-corrected chi connectivity index (χ1v) is 6.08. The van der Waals surface area contributed by atoms with Crippen molar-refractivity contribution < 1.29 is 9.53 Å². The molecule has 0 saturated carbocycles. The monoisotopic (exact) mass is 292 g/mol. The fourth-order valence-electron chi connectivity index (χ4n) is 1.30. The maximum atomic E-state index is 11.7. The van der Waals surface area contributed by atoms with E-state index >= 15 is 0 Å². The third-order valence-electron chi connectivity index (χ3n) is 2.14. The van der Waals surface area contributed by atoms with Gasteiger partial charge in [0.1, 0.15) is 6.07 Å². The predicted octanol–water partition coefficient (Wildman–Crippen LogP) is 2.04. The number of hydrogen-bond donors (Lipinski definition) is 2. The Morgan fingerprint density at radius 1 is 1.55 bits per heavy atom. The van der Waals surface area contributed by atoms with Crippen LogP contribution in [0, 0.1) is 11.3 Å². The molecule has 7 heteroatoms. The zero-order valence-electron chi connectivity index (χ0n) is 10.8. The molecule has 0 bridgehead atoms. The van der Waals surface area contributed by atoms with Crippen LogP contribution in [0.1, 0.15) is 6.92 Å². The molecule has 0 aliphatic rings. The van der Waals surface area contributed by atoms with Crippen molar-refractivity contribution in [1.82, 2.24) is 0 Å². The third kappa shape index (κ3) is 4.30. The van der Waals surface area contributed by atoms with Gasteiger partial charge >= 0.3 is 5.97 Å². The van der Waals surface area contributed by atoms with E-state index in [1.54, 1.807) is 37.3 Å². The van der Waals surface area contributed by atoms with Crippen LogP contribution < -0.4 is 11.1 Å². The van der Waals surface area contributed by atoms with Crippen LogP contribution in [0.3, 0.4) is 0 Å². The second-order valence-electron chi connectivity index (χ2n) is 3.47. The smallest absolute Gasteiger partial charge is 0.352 e. The number of ether oxygens (including phenoxy) is 1. The Morgan fingerprint density at radius 2 is 2.20 bits per heavy atom. The summed E-state index contributed by atoms with van der Waals surface area (Å²) in [6.45, 7) is 1.80. The summed E-state index contributed by atoms with van der Waals surface area (Å²) in [6.07, 6.45) is 0.981. The molecule has 6 nitrogen and oxygen atoms in total. The normalized spacial score (nSPS) is 11.7. The summed E-state index contributed by atoms with van der Waals surface area (Å²) in [7, 11) is 0. The Balaban J connectivity index is 3.11. The van der Waals surface area contributed by atoms with Crippen LogP contribution in [0.2, 0.25) is 5.02 Å². The van der Waals surface area contributed by atoms with Crippen molar-refractivity contribution in [3.05, 3.63) is 40.7 Å². The number of esters is 1. The molecule has 0 saturated heterocycles. The van der Waals surface area contributed by atoms with Gasteiger partial charge in [-0.1, -0.05) is 11.6 Å². The predicted molar refractivity (Wildman–Crippen MR) is 77.0 cm³/mol. The first-order valence-electron chi connectivity index (χ1n) is 5.70. The number of nitriles is 1. The van der Waals surface area contributed by atoms with Gasteiger partial charge in [0, 0.05) is 10.7 Å². The van der Waals surface area contributed by atoms with Crippen LogP contribution in [-0.4, -0.2) is 18.9 Å². The van der Waals surface area contributed by atoms with E-state index in [1.165, 1.54) is 0 Å². The fourth-order valence-corrected chi connectivity index (χ4v) is 1.43. The van der Waals surface area contributed by atoms with Crippen molar-refractivity contribution in [2.24, 2.45) is 10.7 Å². The van der Waals surface area contributed by atoms with E-state index in [1.807, 2.05) is 0 Å². The summed E-state index contributed by atoms with van der Waals surface area (Å²) in [5, 5.41) is 12.4. The van der Waals surface area contributed by atoms with E-state index in [-0.39, 0.29) is 18.0 Å². The number of carbonyl (C=O) groups is 1. The lowest BCUT2D eigenvalue weighted by Gasteiger charge is -2.08. The molecule has 0 aromatic heterocycles. The Kier molecular flexibility index (Phi) is 6.07. The number of halogens is 1. The minimum absolute atomic E-state index is 0.00997. The molecule has 1 aromatic carbocycles. The van der Waals surface area contributed by atoms with Gasteiger partial charge in [0.05, 0.1) is 12.9 Å². The number of aliphatic imine (C=N–C) groups is 1. The second-order valence-corrected chi connectivity index (χ2v) is 3.90. The lowest BCUT2D eigenvalue weighted by Crippen LogP contribution is -2.13. The lowest BCUT2D eigenvalue weighted by atomic mass is 10.2. The number of nitrogens with two attached hydrogens (primary N) is 1. The number of nitrogens with zero attached hydrogens (tertiary/aromatic N) is 2. The average molecular weight is 293 g/mol. The third-order valence-corrected chi connectivity index (χ3v) is 2.39. The summed E-state index contributed by atoms with van der Waals surface area (Å²) < 4.78 is 4.78. The molecule has 0 spiro atoms. The van der Waals surface area contributed by atoms with Crippen molar-refractivity contribution >= 4 is 29.6 Å². The maximum Gasteiger partial charge on any atom is 0.352 e. The standard InChI is InChI=1S/C13H13ClN4O2/c1-2-20-13(19)11(7-15)12(17-8-16)18-10-5-3-9(14)4-6-10/h3-6,8,18H,2H2,1H3,(H2,16,17)/b12-11-. The highest BCUT2D eigenvalue weighted by molar-refractivity contribution is 6.30. The maximum absolute atomic E-state index is 11.7. The van der Waals surface area contributed by atoms with E-state index in [9.17, 15) is 4.79 Å². The number of anilines is 1. The van der Waals surface area contributed by atoms with Crippen LogP contribution in [-0.2, 0) is 9.53 Å². The van der Waals surface area contributed by atoms with E-state index < -0.39 is 5.97 Å². The summed E-state index contributed by atoms with van der Waals surface area (Å²) in [6, 6.07) is 8.41. The summed E-state index contributed by atoms with van der Waals surface area (Å²) >= 11 is 5.78. The minimum Gasteiger partial charge on any atom is -0.462 e. The van der Waals surface area contributed by atoms with Crippen LogP contribution in [0.25, 0.3) is 0 Å². The molecule has 0 radical (unpaired) electrons.